The number of carbonyl (C=O) groups excluding carboxylic acids is 1. The van der Waals surface area contributed by atoms with E-state index in [0.29, 0.717) is 6.61 Å². The van der Waals surface area contributed by atoms with Gasteiger partial charge >= 0.3 is 5.97 Å². The lowest BCUT2D eigenvalue weighted by atomic mass is 9.94. The maximum Gasteiger partial charge on any atom is 0.308 e. The van der Waals surface area contributed by atoms with E-state index in [2.05, 4.69) is 48.3 Å². The molecule has 0 aliphatic rings. The quantitative estimate of drug-likeness (QED) is 0.0676. The van der Waals surface area contributed by atoms with Gasteiger partial charge in [0, 0.05) is 18.9 Å². The van der Waals surface area contributed by atoms with Crippen molar-refractivity contribution in [2.24, 2.45) is 5.92 Å². The molecular formula is C36H69N3O2. The molecule has 0 bridgehead atoms. The average molecular weight is 576 g/mol. The van der Waals surface area contributed by atoms with Crippen LogP contribution in [0.25, 0.3) is 0 Å². The Morgan fingerprint density at radius 2 is 1.20 bits per heavy atom. The Morgan fingerprint density at radius 3 is 1.76 bits per heavy atom. The standard InChI is InChI=1S/C36H69N3O2/c1-5-8-11-14-15-20-26-35(25-19-13-10-7-3)36(40)41-33-23-18-17-22-29-38(28-21-16-12-9-6-2)30-24-31-39-32-27-37-34(39)4/h27,32,35H,5-26,28-31,33H2,1-4H3. The Balaban J connectivity index is 2.28. The van der Waals surface area contributed by atoms with Crippen LogP contribution >= 0.6 is 0 Å². The van der Waals surface area contributed by atoms with Crippen molar-refractivity contribution in [1.82, 2.24) is 14.5 Å². The van der Waals surface area contributed by atoms with Crippen molar-refractivity contribution in [2.75, 3.05) is 26.2 Å². The molecule has 5 nitrogen and oxygen atoms in total. The monoisotopic (exact) mass is 576 g/mol. The first-order valence-corrected chi connectivity index (χ1v) is 18.0. The van der Waals surface area contributed by atoms with Gasteiger partial charge in [-0.15, -0.1) is 0 Å². The molecule has 0 N–H and O–H groups in total. The molecule has 0 spiro atoms. The highest BCUT2D eigenvalue weighted by molar-refractivity contribution is 5.72. The number of hydrogen-bond acceptors (Lipinski definition) is 4. The molecule has 0 radical (unpaired) electrons. The number of aromatic nitrogens is 2. The zero-order valence-electron chi connectivity index (χ0n) is 28.0. The third kappa shape index (κ3) is 21.1. The van der Waals surface area contributed by atoms with E-state index in [1.54, 1.807) is 0 Å². The summed E-state index contributed by atoms with van der Waals surface area (Å²) in [6.45, 7) is 14.1. The van der Waals surface area contributed by atoms with E-state index in [-0.39, 0.29) is 11.9 Å². The van der Waals surface area contributed by atoms with Crippen molar-refractivity contribution in [1.29, 1.82) is 0 Å². The summed E-state index contributed by atoms with van der Waals surface area (Å²) in [5.74, 6) is 1.31. The molecule has 41 heavy (non-hydrogen) atoms. The van der Waals surface area contributed by atoms with Gasteiger partial charge in [0.1, 0.15) is 5.82 Å². The maximum absolute atomic E-state index is 12.9. The Morgan fingerprint density at radius 1 is 0.707 bits per heavy atom. The molecule has 1 unspecified atom stereocenters. The van der Waals surface area contributed by atoms with Crippen molar-refractivity contribution >= 4 is 5.97 Å². The number of nitrogens with zero attached hydrogens (tertiary/aromatic N) is 3. The van der Waals surface area contributed by atoms with Crippen molar-refractivity contribution in [3.8, 4) is 0 Å². The fraction of sp³-hybridized carbons (Fsp3) is 0.889. The van der Waals surface area contributed by atoms with E-state index in [0.717, 1.165) is 38.1 Å². The predicted molar refractivity (Wildman–Crippen MR) is 176 cm³/mol. The van der Waals surface area contributed by atoms with Crippen molar-refractivity contribution in [2.45, 2.75) is 175 Å². The van der Waals surface area contributed by atoms with Gasteiger partial charge in [0.15, 0.2) is 0 Å². The van der Waals surface area contributed by atoms with Crippen LogP contribution in [0.15, 0.2) is 12.4 Å². The fourth-order valence-electron chi connectivity index (χ4n) is 5.83. The molecule has 1 aromatic heterocycles. The van der Waals surface area contributed by atoms with E-state index >= 15 is 0 Å². The molecule has 0 fully saturated rings. The smallest absolute Gasteiger partial charge is 0.308 e. The minimum atomic E-state index is 0.0810. The van der Waals surface area contributed by atoms with E-state index in [1.165, 1.54) is 135 Å². The van der Waals surface area contributed by atoms with Crippen LogP contribution in [-0.2, 0) is 16.1 Å². The second-order valence-corrected chi connectivity index (χ2v) is 12.5. The lowest BCUT2D eigenvalue weighted by Gasteiger charge is -2.22. The molecule has 0 aromatic carbocycles. The lowest BCUT2D eigenvalue weighted by molar-refractivity contribution is -0.149. The Kier molecular flexibility index (Phi) is 25.2. The number of esters is 1. The van der Waals surface area contributed by atoms with Gasteiger partial charge in [0.2, 0.25) is 0 Å². The maximum atomic E-state index is 12.9. The molecule has 1 heterocycles. The highest BCUT2D eigenvalue weighted by Gasteiger charge is 2.19. The molecule has 0 aliphatic heterocycles. The summed E-state index contributed by atoms with van der Waals surface area (Å²) in [7, 11) is 0. The first-order chi connectivity index (χ1) is 20.1. The summed E-state index contributed by atoms with van der Waals surface area (Å²) < 4.78 is 8.08. The third-order valence-corrected chi connectivity index (χ3v) is 8.63. The van der Waals surface area contributed by atoms with Crippen LogP contribution in [0.1, 0.15) is 168 Å². The molecule has 1 atom stereocenters. The SMILES string of the molecule is CCCCCCCCC(CCCCCC)C(=O)OCCCCCCN(CCCCCCC)CCCn1ccnc1C. The van der Waals surface area contributed by atoms with E-state index < -0.39 is 0 Å². The zero-order valence-corrected chi connectivity index (χ0v) is 28.0. The predicted octanol–water partition coefficient (Wildman–Crippen LogP) is 10.3. The minimum Gasteiger partial charge on any atom is -0.465 e. The van der Waals surface area contributed by atoms with Gasteiger partial charge in [-0.3, -0.25) is 4.79 Å². The summed E-state index contributed by atoms with van der Waals surface area (Å²) in [4.78, 5) is 19.9. The van der Waals surface area contributed by atoms with Crippen molar-refractivity contribution in [3.05, 3.63) is 18.2 Å². The summed E-state index contributed by atoms with van der Waals surface area (Å²) >= 11 is 0. The largest absolute Gasteiger partial charge is 0.465 e. The van der Waals surface area contributed by atoms with Gasteiger partial charge in [0.05, 0.1) is 12.5 Å². The summed E-state index contributed by atoms with van der Waals surface area (Å²) in [5, 5.41) is 0. The molecule has 0 aliphatic carbocycles. The number of hydrogen-bond donors (Lipinski definition) is 0. The lowest BCUT2D eigenvalue weighted by Crippen LogP contribution is -2.28. The number of rotatable bonds is 30. The van der Waals surface area contributed by atoms with Crippen LogP contribution in [0.2, 0.25) is 0 Å². The highest BCUT2D eigenvalue weighted by atomic mass is 16.5. The zero-order chi connectivity index (χ0) is 29.8. The number of imidazole rings is 1. The Labute approximate surface area is 255 Å². The Bertz CT molecular complexity index is 705. The van der Waals surface area contributed by atoms with Crippen LogP contribution in [-0.4, -0.2) is 46.7 Å². The van der Waals surface area contributed by atoms with Gasteiger partial charge in [-0.25, -0.2) is 4.98 Å². The van der Waals surface area contributed by atoms with E-state index in [4.69, 9.17) is 4.74 Å². The first kappa shape index (κ1) is 37.7. The Hall–Kier alpha value is -1.36. The molecule has 5 heteroatoms. The van der Waals surface area contributed by atoms with Gasteiger partial charge in [0.25, 0.3) is 0 Å². The molecule has 0 saturated carbocycles. The number of carbonyl (C=O) groups is 1. The van der Waals surface area contributed by atoms with Crippen LogP contribution in [0.4, 0.5) is 0 Å². The number of ether oxygens (including phenoxy) is 1. The molecule has 0 amide bonds. The van der Waals surface area contributed by atoms with Crippen LogP contribution in [0, 0.1) is 12.8 Å². The molecular weight excluding hydrogens is 506 g/mol. The van der Waals surface area contributed by atoms with Gasteiger partial charge in [-0.05, 0) is 65.1 Å². The summed E-state index contributed by atoms with van der Waals surface area (Å²) in [5.41, 5.74) is 0. The normalized spacial score (nSPS) is 12.3. The number of unbranched alkanes of at least 4 members (excludes halogenated alkanes) is 15. The molecule has 1 rings (SSSR count). The van der Waals surface area contributed by atoms with Crippen molar-refractivity contribution in [3.63, 3.8) is 0 Å². The van der Waals surface area contributed by atoms with Crippen molar-refractivity contribution < 1.29 is 9.53 Å². The van der Waals surface area contributed by atoms with E-state index in [1.807, 2.05) is 6.20 Å². The van der Waals surface area contributed by atoms with Gasteiger partial charge in [-0.2, -0.15) is 0 Å². The van der Waals surface area contributed by atoms with Gasteiger partial charge < -0.3 is 14.2 Å². The van der Waals surface area contributed by atoms with Crippen LogP contribution < -0.4 is 0 Å². The average Bonchev–Trinajstić information content (AvgIpc) is 3.38. The molecule has 1 aromatic rings. The van der Waals surface area contributed by atoms with Crippen LogP contribution in [0.3, 0.4) is 0 Å². The topological polar surface area (TPSA) is 47.4 Å². The summed E-state index contributed by atoms with van der Waals surface area (Å²) in [6, 6.07) is 0. The third-order valence-electron chi connectivity index (χ3n) is 8.63. The van der Waals surface area contributed by atoms with Crippen LogP contribution in [0.5, 0.6) is 0 Å². The molecule has 0 saturated heterocycles. The second-order valence-electron chi connectivity index (χ2n) is 12.5. The molecule has 240 valence electrons. The summed E-state index contributed by atoms with van der Waals surface area (Å²) in [6.07, 6.45) is 31.2. The minimum absolute atomic E-state index is 0.0810. The van der Waals surface area contributed by atoms with E-state index in [9.17, 15) is 4.79 Å². The second kappa shape index (κ2) is 27.5. The first-order valence-electron chi connectivity index (χ1n) is 18.0. The number of aryl methyl sites for hydroxylation is 2. The fourth-order valence-corrected chi connectivity index (χ4v) is 5.83. The highest BCUT2D eigenvalue weighted by Crippen LogP contribution is 2.21. The van der Waals surface area contributed by atoms with Gasteiger partial charge in [-0.1, -0.05) is 124 Å².